The predicted molar refractivity (Wildman–Crippen MR) is 111 cm³/mol. The second kappa shape index (κ2) is 15.4. The highest BCUT2D eigenvalue weighted by atomic mass is 32.9. The molecule has 0 radical (unpaired) electrons. The molecule has 1 fully saturated rings. The molecule has 0 aromatic heterocycles. The fraction of sp³-hybridized carbons (Fsp3) is 0.941. The topological polar surface area (TPSA) is 79.8 Å². The van der Waals surface area contributed by atoms with Crippen LogP contribution in [0.2, 0.25) is 0 Å². The van der Waals surface area contributed by atoms with Crippen LogP contribution in [0.1, 0.15) is 84.0 Å². The number of hydrogen-bond acceptors (Lipinski definition) is 6. The smallest absolute Gasteiger partial charge is 0.305 e. The van der Waals surface area contributed by atoms with Crippen molar-refractivity contribution < 1.29 is 18.6 Å². The number of ether oxygens (including phenoxy) is 1. The highest BCUT2D eigenvalue weighted by Crippen LogP contribution is 2.58. The second-order valence-electron chi connectivity index (χ2n) is 6.46. The van der Waals surface area contributed by atoms with Gasteiger partial charge in [-0.1, -0.05) is 83.4 Å². The minimum absolute atomic E-state index is 0. The quantitative estimate of drug-likeness (QED) is 0.158. The highest BCUT2D eigenvalue weighted by Gasteiger charge is 2.30. The molecule has 1 aliphatic rings. The molecule has 5 nitrogen and oxygen atoms in total. The number of carbonyl (C=O) groups excluding carboxylic acids is 1. The molecule has 8 heteroatoms. The molecule has 150 valence electrons. The van der Waals surface area contributed by atoms with Crippen molar-refractivity contribution in [2.75, 3.05) is 13.2 Å². The van der Waals surface area contributed by atoms with Crippen LogP contribution in [0.5, 0.6) is 0 Å². The standard InChI is InChI=1S/C17H33O4PS2.H3N/c1-2-3-4-5-6-7-8-9-10-11-12-13-17(18)19-14-16-15-20-22(23,24)21-16;/h16H,2-15H2,1H3,(H,23,24);1H3. The summed E-state index contributed by atoms with van der Waals surface area (Å²) in [6, 6.07) is 0. The molecule has 25 heavy (non-hydrogen) atoms. The minimum atomic E-state index is -2.37. The summed E-state index contributed by atoms with van der Waals surface area (Å²) in [4.78, 5) is 11.7. The molecule has 0 aliphatic carbocycles. The second-order valence-corrected chi connectivity index (χ2v) is 11.7. The Kier molecular flexibility index (Phi) is 15.6. The Morgan fingerprint density at radius 1 is 1.08 bits per heavy atom. The lowest BCUT2D eigenvalue weighted by Crippen LogP contribution is -2.20. The first-order valence-corrected chi connectivity index (χ1v) is 13.1. The van der Waals surface area contributed by atoms with Crippen molar-refractivity contribution >= 4 is 35.7 Å². The van der Waals surface area contributed by atoms with E-state index in [0.717, 1.165) is 12.8 Å². The molecule has 0 aromatic carbocycles. The predicted octanol–water partition coefficient (Wildman–Crippen LogP) is 5.96. The Labute approximate surface area is 163 Å². The van der Waals surface area contributed by atoms with Crippen LogP contribution >= 0.6 is 17.9 Å². The average molecular weight is 414 g/mol. The lowest BCUT2D eigenvalue weighted by atomic mass is 10.1. The van der Waals surface area contributed by atoms with E-state index in [4.69, 9.17) is 25.6 Å². The zero-order valence-electron chi connectivity index (χ0n) is 15.6. The van der Waals surface area contributed by atoms with Crippen LogP contribution in [0, 0.1) is 0 Å². The molecule has 2 atom stereocenters. The van der Waals surface area contributed by atoms with E-state index in [0.29, 0.717) is 13.0 Å². The van der Waals surface area contributed by atoms with Crippen LogP contribution in [0.4, 0.5) is 0 Å². The van der Waals surface area contributed by atoms with Gasteiger partial charge in [0.25, 0.3) is 0 Å². The van der Waals surface area contributed by atoms with E-state index in [1.165, 1.54) is 57.8 Å². The van der Waals surface area contributed by atoms with Crippen LogP contribution < -0.4 is 6.15 Å². The summed E-state index contributed by atoms with van der Waals surface area (Å²) < 4.78 is 15.8. The lowest BCUT2D eigenvalue weighted by Gasteiger charge is -2.10. The average Bonchev–Trinajstić information content (AvgIpc) is 2.90. The largest absolute Gasteiger partial charge is 0.463 e. The van der Waals surface area contributed by atoms with Crippen LogP contribution in [-0.2, 0) is 30.4 Å². The summed E-state index contributed by atoms with van der Waals surface area (Å²) >= 11 is 9.13. The first kappa shape index (κ1) is 25.4. The molecule has 0 aromatic rings. The molecular weight excluding hydrogens is 377 g/mol. The minimum Gasteiger partial charge on any atom is -0.463 e. The molecule has 1 heterocycles. The molecule has 0 saturated carbocycles. The maximum atomic E-state index is 11.7. The van der Waals surface area contributed by atoms with Gasteiger partial charge in [-0.3, -0.25) is 4.79 Å². The third kappa shape index (κ3) is 14.1. The number of thiol groups is 1. The SMILES string of the molecule is CCCCCCCCCCCCCC(=O)OCC1COP(=S)(S)O1.N. The van der Waals surface area contributed by atoms with Gasteiger partial charge in [0.2, 0.25) is 5.69 Å². The van der Waals surface area contributed by atoms with Crippen molar-refractivity contribution in [2.45, 2.75) is 90.1 Å². The van der Waals surface area contributed by atoms with E-state index in [1.54, 1.807) is 0 Å². The van der Waals surface area contributed by atoms with Gasteiger partial charge in [0.05, 0.1) is 6.61 Å². The van der Waals surface area contributed by atoms with E-state index >= 15 is 0 Å². The number of hydrogen-bond donors (Lipinski definition) is 2. The summed E-state index contributed by atoms with van der Waals surface area (Å²) in [6.07, 6.45) is 14.2. The number of carbonyl (C=O) groups is 1. The van der Waals surface area contributed by atoms with Crippen LogP contribution in [0.25, 0.3) is 0 Å². The summed E-state index contributed by atoms with van der Waals surface area (Å²) in [6.45, 7) is 2.84. The Hall–Kier alpha value is 0.350. The van der Waals surface area contributed by atoms with Gasteiger partial charge in [0.15, 0.2) is 0 Å². The van der Waals surface area contributed by atoms with Crippen molar-refractivity contribution in [3.8, 4) is 0 Å². The highest BCUT2D eigenvalue weighted by molar-refractivity contribution is 8.60. The van der Waals surface area contributed by atoms with E-state index in [-0.39, 0.29) is 24.8 Å². The third-order valence-electron chi connectivity index (χ3n) is 4.12. The Morgan fingerprint density at radius 3 is 2.08 bits per heavy atom. The molecule has 1 rings (SSSR count). The maximum Gasteiger partial charge on any atom is 0.305 e. The fourth-order valence-corrected chi connectivity index (χ4v) is 4.76. The maximum absolute atomic E-state index is 11.7. The molecule has 0 bridgehead atoms. The van der Waals surface area contributed by atoms with E-state index in [1.807, 2.05) is 0 Å². The van der Waals surface area contributed by atoms with E-state index < -0.39 is 5.69 Å². The molecular formula is C17H36NO4PS2. The van der Waals surface area contributed by atoms with Crippen molar-refractivity contribution in [3.05, 3.63) is 0 Å². The Bertz CT molecular complexity index is 399. The lowest BCUT2D eigenvalue weighted by molar-refractivity contribution is -0.145. The summed E-state index contributed by atoms with van der Waals surface area (Å²) in [5.74, 6) is -0.158. The normalized spacial score (nSPS) is 22.6. The fourth-order valence-electron chi connectivity index (χ4n) is 2.70. The Morgan fingerprint density at radius 2 is 1.60 bits per heavy atom. The van der Waals surface area contributed by atoms with Crippen LogP contribution in [0.15, 0.2) is 0 Å². The van der Waals surface area contributed by atoms with Gasteiger partial charge < -0.3 is 19.9 Å². The molecule has 0 amide bonds. The van der Waals surface area contributed by atoms with Gasteiger partial charge >= 0.3 is 5.97 Å². The number of unbranched alkanes of at least 4 members (excludes halogenated alkanes) is 10. The molecule has 1 saturated heterocycles. The first-order valence-electron chi connectivity index (χ1n) is 9.35. The number of esters is 1. The van der Waals surface area contributed by atoms with Crippen molar-refractivity contribution in [3.63, 3.8) is 0 Å². The van der Waals surface area contributed by atoms with Gasteiger partial charge in [0, 0.05) is 6.42 Å². The first-order chi connectivity index (χ1) is 11.5. The third-order valence-corrected chi connectivity index (χ3v) is 6.36. The van der Waals surface area contributed by atoms with Gasteiger partial charge in [-0.25, -0.2) is 0 Å². The van der Waals surface area contributed by atoms with Crippen LogP contribution in [-0.4, -0.2) is 25.3 Å². The zero-order chi connectivity index (χ0) is 17.7. The van der Waals surface area contributed by atoms with E-state index in [2.05, 4.69) is 19.2 Å². The summed E-state index contributed by atoms with van der Waals surface area (Å²) in [7, 11) is 0. The van der Waals surface area contributed by atoms with Gasteiger partial charge in [-0.15, -0.1) is 0 Å². The Balaban J connectivity index is 0.00000576. The van der Waals surface area contributed by atoms with Gasteiger partial charge in [-0.2, -0.15) is 0 Å². The van der Waals surface area contributed by atoms with E-state index in [9.17, 15) is 4.79 Å². The molecule has 1 aliphatic heterocycles. The monoisotopic (exact) mass is 413 g/mol. The zero-order valence-corrected chi connectivity index (χ0v) is 18.2. The molecule has 2 unspecified atom stereocenters. The van der Waals surface area contributed by atoms with Gasteiger partial charge in [0.1, 0.15) is 12.7 Å². The molecule has 0 spiro atoms. The van der Waals surface area contributed by atoms with Crippen molar-refractivity contribution in [2.24, 2.45) is 0 Å². The van der Waals surface area contributed by atoms with Crippen LogP contribution in [0.3, 0.4) is 0 Å². The number of rotatable bonds is 14. The van der Waals surface area contributed by atoms with Crippen molar-refractivity contribution in [1.82, 2.24) is 6.15 Å². The summed E-state index contributed by atoms with van der Waals surface area (Å²) in [5, 5.41) is 0. The molecule has 3 N–H and O–H groups in total. The van der Waals surface area contributed by atoms with Gasteiger partial charge in [-0.05, 0) is 18.2 Å². The van der Waals surface area contributed by atoms with Crippen molar-refractivity contribution in [1.29, 1.82) is 0 Å². The summed E-state index contributed by atoms with van der Waals surface area (Å²) in [5.41, 5.74) is -2.37.